The Morgan fingerprint density at radius 2 is 1.71 bits per heavy atom. The number of hydrogen-bond acceptors (Lipinski definition) is 6. The van der Waals surface area contributed by atoms with Crippen molar-refractivity contribution in [2.24, 2.45) is 0 Å². The summed E-state index contributed by atoms with van der Waals surface area (Å²) >= 11 is 0. The highest BCUT2D eigenvalue weighted by atomic mass is 19.4. The number of carbonyl (C=O) groups is 1. The molecule has 0 aliphatic heterocycles. The number of aromatic nitrogens is 2. The maximum atomic E-state index is 14.9. The molecular weight excluding hydrogens is 538 g/mol. The molecule has 41 heavy (non-hydrogen) atoms. The van der Waals surface area contributed by atoms with Crippen molar-refractivity contribution < 1.29 is 31.6 Å². The van der Waals surface area contributed by atoms with E-state index in [0.29, 0.717) is 23.1 Å². The van der Waals surface area contributed by atoms with Gasteiger partial charge < -0.3 is 14.6 Å². The summed E-state index contributed by atoms with van der Waals surface area (Å²) in [6.45, 7) is 8.97. The lowest BCUT2D eigenvalue weighted by molar-refractivity contribution is -0.157. The zero-order chi connectivity index (χ0) is 29.9. The number of carbonyl (C=O) groups excluding carboxylic acids is 1. The van der Waals surface area contributed by atoms with E-state index in [-0.39, 0.29) is 35.0 Å². The van der Waals surface area contributed by atoms with Crippen molar-refractivity contribution in [1.82, 2.24) is 15.5 Å². The van der Waals surface area contributed by atoms with E-state index in [1.807, 2.05) is 6.92 Å². The van der Waals surface area contributed by atoms with Crippen LogP contribution in [0.4, 0.5) is 17.6 Å². The van der Waals surface area contributed by atoms with Gasteiger partial charge in [-0.05, 0) is 69.0 Å². The van der Waals surface area contributed by atoms with E-state index in [4.69, 9.17) is 9.26 Å². The average molecular weight is 570 g/mol. The molecule has 0 amide bonds. The highest BCUT2D eigenvalue weighted by Gasteiger charge is 2.35. The Bertz CT molecular complexity index is 1540. The van der Waals surface area contributed by atoms with Crippen LogP contribution in [0.15, 0.2) is 65.2 Å². The number of aryl methyl sites for hydroxylation is 1. The van der Waals surface area contributed by atoms with Gasteiger partial charge in [-0.1, -0.05) is 54.5 Å². The number of alkyl halides is 3. The summed E-state index contributed by atoms with van der Waals surface area (Å²) in [5.41, 5.74) is 0.433. The van der Waals surface area contributed by atoms with Gasteiger partial charge in [-0.15, -0.1) is 0 Å². The molecule has 1 heterocycles. The fourth-order valence-electron chi connectivity index (χ4n) is 4.31. The van der Waals surface area contributed by atoms with Crippen LogP contribution in [-0.2, 0) is 22.3 Å². The summed E-state index contributed by atoms with van der Waals surface area (Å²) in [5, 5.41) is 6.87. The lowest BCUT2D eigenvalue weighted by Crippen LogP contribution is -2.40. The lowest BCUT2D eigenvalue weighted by atomic mass is 9.94. The van der Waals surface area contributed by atoms with E-state index in [1.54, 1.807) is 58.0 Å². The minimum atomic E-state index is -4.62. The van der Waals surface area contributed by atoms with Gasteiger partial charge in [0.15, 0.2) is 0 Å². The normalized spacial score (nSPS) is 12.8. The average Bonchev–Trinajstić information content (AvgIpc) is 3.39. The van der Waals surface area contributed by atoms with Crippen molar-refractivity contribution in [3.63, 3.8) is 0 Å². The van der Waals surface area contributed by atoms with Gasteiger partial charge in [0.05, 0.1) is 5.56 Å². The summed E-state index contributed by atoms with van der Waals surface area (Å²) in [7, 11) is 0. The number of benzene rings is 3. The van der Waals surface area contributed by atoms with Crippen molar-refractivity contribution >= 4 is 5.97 Å². The third-order valence-electron chi connectivity index (χ3n) is 6.38. The zero-order valence-electron chi connectivity index (χ0n) is 23.4. The van der Waals surface area contributed by atoms with Gasteiger partial charge in [0.1, 0.15) is 17.5 Å². The first kappa shape index (κ1) is 29.9. The maximum absolute atomic E-state index is 14.9. The van der Waals surface area contributed by atoms with Gasteiger partial charge in [-0.3, -0.25) is 4.79 Å². The fourth-order valence-corrected chi connectivity index (χ4v) is 4.31. The molecule has 0 fully saturated rings. The maximum Gasteiger partial charge on any atom is 0.417 e. The topological polar surface area (TPSA) is 77.3 Å². The Morgan fingerprint density at radius 1 is 1.00 bits per heavy atom. The van der Waals surface area contributed by atoms with Crippen molar-refractivity contribution in [1.29, 1.82) is 0 Å². The van der Waals surface area contributed by atoms with Crippen molar-refractivity contribution in [2.75, 3.05) is 0 Å². The van der Waals surface area contributed by atoms with Crippen LogP contribution < -0.4 is 5.32 Å². The quantitative estimate of drug-likeness (QED) is 0.173. The number of ether oxygens (including phenoxy) is 1. The molecule has 0 aliphatic carbocycles. The van der Waals surface area contributed by atoms with Crippen LogP contribution in [0.5, 0.6) is 0 Å². The molecule has 10 heteroatoms. The smallest absolute Gasteiger partial charge is 0.417 e. The predicted octanol–water partition coefficient (Wildman–Crippen LogP) is 7.75. The van der Waals surface area contributed by atoms with Crippen molar-refractivity contribution in [2.45, 2.75) is 65.4 Å². The number of rotatable bonds is 8. The lowest BCUT2D eigenvalue weighted by Gasteiger charge is -2.24. The van der Waals surface area contributed by atoms with Crippen LogP contribution >= 0.6 is 0 Å². The molecule has 0 aliphatic rings. The summed E-state index contributed by atoms with van der Waals surface area (Å²) in [4.78, 5) is 16.6. The van der Waals surface area contributed by atoms with Crippen molar-refractivity contribution in [3.8, 4) is 34.0 Å². The first-order valence-electron chi connectivity index (χ1n) is 13.1. The Kier molecular flexibility index (Phi) is 8.63. The minimum absolute atomic E-state index is 0.0233. The van der Waals surface area contributed by atoms with Gasteiger partial charge >= 0.3 is 12.1 Å². The Balaban J connectivity index is 1.55. The highest BCUT2D eigenvalue weighted by molar-refractivity contribution is 5.76. The number of halogens is 4. The van der Waals surface area contributed by atoms with Gasteiger partial charge in [0.2, 0.25) is 5.82 Å². The highest BCUT2D eigenvalue weighted by Crippen LogP contribution is 2.40. The first-order chi connectivity index (χ1) is 19.3. The first-order valence-corrected chi connectivity index (χ1v) is 13.1. The molecule has 4 rings (SSSR count). The van der Waals surface area contributed by atoms with Gasteiger partial charge in [-0.25, -0.2) is 4.39 Å². The second-order valence-electron chi connectivity index (χ2n) is 10.7. The Hall–Kier alpha value is -4.05. The van der Waals surface area contributed by atoms with E-state index >= 15 is 0 Å². The number of hydrogen-bond donors (Lipinski definition) is 1. The fraction of sp³-hybridized carbons (Fsp3) is 0.323. The van der Waals surface area contributed by atoms with Crippen LogP contribution in [0.3, 0.4) is 0 Å². The summed E-state index contributed by atoms with van der Waals surface area (Å²) in [6, 6.07) is 14.4. The molecule has 0 saturated carbocycles. The number of esters is 1. The molecule has 1 atom stereocenters. The Morgan fingerprint density at radius 3 is 2.34 bits per heavy atom. The SMILES string of the molecule is CCC(NCc1ccc(-c2noc(-c3ccc(-c4ccccc4C)c(C(F)(F)F)c3)n2)cc1F)C(=O)OC(C)(C)C. The zero-order valence-corrected chi connectivity index (χ0v) is 23.4. The molecule has 216 valence electrons. The van der Waals surface area contributed by atoms with Crippen LogP contribution in [0.1, 0.15) is 50.8 Å². The van der Waals surface area contributed by atoms with Gasteiger partial charge in [0.25, 0.3) is 5.89 Å². The predicted molar refractivity (Wildman–Crippen MR) is 147 cm³/mol. The third-order valence-corrected chi connectivity index (χ3v) is 6.38. The van der Waals surface area contributed by atoms with Gasteiger partial charge in [-0.2, -0.15) is 18.2 Å². The minimum Gasteiger partial charge on any atom is -0.459 e. The number of nitrogens with zero attached hydrogens (tertiary/aromatic N) is 2. The molecule has 1 N–H and O–H groups in total. The third kappa shape index (κ3) is 7.18. The molecule has 0 radical (unpaired) electrons. The van der Waals surface area contributed by atoms with E-state index < -0.39 is 35.2 Å². The van der Waals surface area contributed by atoms with E-state index in [1.165, 1.54) is 24.3 Å². The standard InChI is InChI=1S/C31H31F4N3O3/c1-6-26(29(39)40-30(3,4)5)36-17-21-12-11-19(16-25(21)32)27-37-28(41-38-27)20-13-14-23(24(15-20)31(33,34)35)22-10-8-7-9-18(22)2/h7-16,26,36H,6,17H2,1-5H3. The summed E-state index contributed by atoms with van der Waals surface area (Å²) < 4.78 is 67.7. The molecule has 1 unspecified atom stereocenters. The van der Waals surface area contributed by atoms with Crippen molar-refractivity contribution in [3.05, 3.63) is 83.2 Å². The Labute approximate surface area is 235 Å². The van der Waals surface area contributed by atoms with Crippen LogP contribution in [-0.4, -0.2) is 27.8 Å². The van der Waals surface area contributed by atoms with E-state index in [9.17, 15) is 22.4 Å². The largest absolute Gasteiger partial charge is 0.459 e. The molecule has 6 nitrogen and oxygen atoms in total. The molecule has 4 aromatic rings. The van der Waals surface area contributed by atoms with Crippen LogP contribution in [0.2, 0.25) is 0 Å². The summed E-state index contributed by atoms with van der Waals surface area (Å²) in [5.74, 6) is -1.09. The molecule has 0 bridgehead atoms. The molecule has 3 aromatic carbocycles. The molecule has 1 aromatic heterocycles. The molecular formula is C31H31F4N3O3. The molecule has 0 spiro atoms. The van der Waals surface area contributed by atoms with Crippen LogP contribution in [0.25, 0.3) is 34.0 Å². The van der Waals surface area contributed by atoms with Crippen LogP contribution in [0, 0.1) is 12.7 Å². The second-order valence-corrected chi connectivity index (χ2v) is 10.7. The monoisotopic (exact) mass is 569 g/mol. The van der Waals surface area contributed by atoms with E-state index in [0.717, 1.165) is 6.07 Å². The van der Waals surface area contributed by atoms with Gasteiger partial charge in [0, 0.05) is 23.2 Å². The number of nitrogens with one attached hydrogen (secondary N) is 1. The van der Waals surface area contributed by atoms with E-state index in [2.05, 4.69) is 15.5 Å². The molecule has 0 saturated heterocycles. The summed E-state index contributed by atoms with van der Waals surface area (Å²) in [6.07, 6.45) is -4.16. The second kappa shape index (κ2) is 11.8.